The first-order valence-corrected chi connectivity index (χ1v) is 8.70. The van der Waals surface area contributed by atoms with Crippen molar-refractivity contribution in [3.05, 3.63) is 64.7 Å². The molecule has 0 bridgehead atoms. The third kappa shape index (κ3) is 4.77. The number of aryl methyl sites for hydroxylation is 2. The molecular weight excluding hydrogens is 341 g/mol. The van der Waals surface area contributed by atoms with Gasteiger partial charge in [-0.3, -0.25) is 4.90 Å². The molecule has 1 aliphatic heterocycles. The van der Waals surface area contributed by atoms with Gasteiger partial charge in [0.05, 0.1) is 6.04 Å². The molecule has 0 saturated carbocycles. The summed E-state index contributed by atoms with van der Waals surface area (Å²) in [5.74, 6) is -0.194. The lowest BCUT2D eigenvalue weighted by Gasteiger charge is -2.36. The largest absolute Gasteiger partial charge is 0.573 e. The average molecular weight is 364 g/mol. The van der Waals surface area contributed by atoms with Gasteiger partial charge < -0.3 is 10.1 Å². The lowest BCUT2D eigenvalue weighted by atomic mass is 9.93. The van der Waals surface area contributed by atoms with Crippen LogP contribution in [-0.2, 0) is 0 Å². The number of hydrogen-bond acceptors (Lipinski definition) is 3. The van der Waals surface area contributed by atoms with Gasteiger partial charge in [-0.15, -0.1) is 13.2 Å². The minimum absolute atomic E-state index is 0.00985. The SMILES string of the molecule is Cc1cc(C)cc([C@H](c2ccc(OC(F)(F)F)cc2)N2CCNCC2)c1. The maximum atomic E-state index is 12.4. The molecule has 0 spiro atoms. The molecule has 1 N–H and O–H groups in total. The molecule has 3 rings (SSSR count). The third-order valence-corrected chi connectivity index (χ3v) is 4.51. The molecule has 3 nitrogen and oxygen atoms in total. The van der Waals surface area contributed by atoms with E-state index in [9.17, 15) is 13.2 Å². The summed E-state index contributed by atoms with van der Waals surface area (Å²) in [6.07, 6.45) is -4.67. The fourth-order valence-corrected chi connectivity index (χ4v) is 3.57. The van der Waals surface area contributed by atoms with Crippen LogP contribution in [0.3, 0.4) is 0 Å². The zero-order valence-corrected chi connectivity index (χ0v) is 14.9. The second-order valence-corrected chi connectivity index (χ2v) is 6.73. The number of hydrogen-bond donors (Lipinski definition) is 1. The van der Waals surface area contributed by atoms with Crippen LogP contribution in [0.15, 0.2) is 42.5 Å². The number of nitrogens with zero attached hydrogens (tertiary/aromatic N) is 1. The van der Waals surface area contributed by atoms with Crippen LogP contribution >= 0.6 is 0 Å². The molecule has 1 saturated heterocycles. The van der Waals surface area contributed by atoms with E-state index in [0.717, 1.165) is 37.3 Å². The van der Waals surface area contributed by atoms with Crippen molar-refractivity contribution in [3.8, 4) is 5.75 Å². The molecule has 1 heterocycles. The first-order valence-electron chi connectivity index (χ1n) is 8.70. The lowest BCUT2D eigenvalue weighted by Crippen LogP contribution is -2.45. The van der Waals surface area contributed by atoms with Crippen molar-refractivity contribution in [2.45, 2.75) is 26.3 Å². The van der Waals surface area contributed by atoms with Crippen LogP contribution in [0.1, 0.15) is 28.3 Å². The van der Waals surface area contributed by atoms with Gasteiger partial charge in [-0.1, -0.05) is 41.5 Å². The Morgan fingerprint density at radius 1 is 0.923 bits per heavy atom. The molecule has 6 heteroatoms. The monoisotopic (exact) mass is 364 g/mol. The summed E-state index contributed by atoms with van der Waals surface area (Å²) in [7, 11) is 0. The zero-order valence-electron chi connectivity index (χ0n) is 14.9. The normalized spacial score (nSPS) is 17.1. The summed E-state index contributed by atoms with van der Waals surface area (Å²) < 4.78 is 41.2. The fraction of sp³-hybridized carbons (Fsp3) is 0.400. The Labute approximate surface area is 151 Å². The van der Waals surface area contributed by atoms with Crippen LogP contribution in [0.4, 0.5) is 13.2 Å². The van der Waals surface area contributed by atoms with Gasteiger partial charge in [-0.2, -0.15) is 0 Å². The quantitative estimate of drug-likeness (QED) is 0.880. The predicted molar refractivity (Wildman–Crippen MR) is 95.3 cm³/mol. The van der Waals surface area contributed by atoms with Crippen LogP contribution in [0.2, 0.25) is 0 Å². The zero-order chi connectivity index (χ0) is 18.7. The fourth-order valence-electron chi connectivity index (χ4n) is 3.57. The number of ether oxygens (including phenoxy) is 1. The van der Waals surface area contributed by atoms with Crippen LogP contribution in [0, 0.1) is 13.8 Å². The molecule has 0 aliphatic carbocycles. The van der Waals surface area contributed by atoms with Gasteiger partial charge in [0.1, 0.15) is 5.75 Å². The second kappa shape index (κ2) is 7.68. The van der Waals surface area contributed by atoms with Crippen molar-refractivity contribution in [1.82, 2.24) is 10.2 Å². The minimum Gasteiger partial charge on any atom is -0.406 e. The van der Waals surface area contributed by atoms with Gasteiger partial charge >= 0.3 is 6.36 Å². The van der Waals surface area contributed by atoms with Crippen LogP contribution in [-0.4, -0.2) is 37.4 Å². The first kappa shape index (κ1) is 18.7. The topological polar surface area (TPSA) is 24.5 Å². The Hall–Kier alpha value is -2.05. The lowest BCUT2D eigenvalue weighted by molar-refractivity contribution is -0.274. The van der Waals surface area contributed by atoms with Crippen molar-refractivity contribution in [2.24, 2.45) is 0 Å². The van der Waals surface area contributed by atoms with Crippen molar-refractivity contribution in [1.29, 1.82) is 0 Å². The van der Waals surface area contributed by atoms with E-state index in [1.54, 1.807) is 12.1 Å². The van der Waals surface area contributed by atoms with Crippen LogP contribution in [0.5, 0.6) is 5.75 Å². The first-order chi connectivity index (χ1) is 12.3. The molecule has 2 aromatic rings. The molecule has 0 unspecified atom stereocenters. The summed E-state index contributed by atoms with van der Waals surface area (Å²) in [6, 6.07) is 12.7. The molecule has 0 amide bonds. The number of piperazine rings is 1. The van der Waals surface area contributed by atoms with E-state index in [1.165, 1.54) is 23.3 Å². The number of halogens is 3. The average Bonchev–Trinajstić information content (AvgIpc) is 2.55. The Morgan fingerprint density at radius 3 is 2.04 bits per heavy atom. The van der Waals surface area contributed by atoms with E-state index >= 15 is 0 Å². The Kier molecular flexibility index (Phi) is 5.53. The number of alkyl halides is 3. The molecule has 1 aliphatic rings. The number of nitrogens with one attached hydrogen (secondary N) is 1. The summed E-state index contributed by atoms with van der Waals surface area (Å²) in [4.78, 5) is 2.37. The standard InChI is InChI=1S/C20H23F3N2O/c1-14-11-15(2)13-17(12-14)19(25-9-7-24-8-10-25)16-3-5-18(6-4-16)26-20(21,22)23/h3-6,11-13,19,24H,7-10H2,1-2H3/t19-/m0/s1. The highest BCUT2D eigenvalue weighted by Gasteiger charge is 2.31. The summed E-state index contributed by atoms with van der Waals surface area (Å²) in [5, 5.41) is 3.34. The van der Waals surface area contributed by atoms with Crippen molar-refractivity contribution in [2.75, 3.05) is 26.2 Å². The molecule has 1 atom stereocenters. The van der Waals surface area contributed by atoms with Gasteiger partial charge in [0, 0.05) is 26.2 Å². The Morgan fingerprint density at radius 2 is 1.50 bits per heavy atom. The van der Waals surface area contributed by atoms with Crippen molar-refractivity contribution in [3.63, 3.8) is 0 Å². The molecule has 0 radical (unpaired) electrons. The molecule has 0 aromatic heterocycles. The Balaban J connectivity index is 1.94. The maximum absolute atomic E-state index is 12.4. The van der Waals surface area contributed by atoms with Crippen LogP contribution in [0.25, 0.3) is 0 Å². The molecule has 1 fully saturated rings. The van der Waals surface area contributed by atoms with Crippen LogP contribution < -0.4 is 10.1 Å². The van der Waals surface area contributed by atoms with Gasteiger partial charge in [0.2, 0.25) is 0 Å². The van der Waals surface area contributed by atoms with Crippen molar-refractivity contribution >= 4 is 0 Å². The smallest absolute Gasteiger partial charge is 0.406 e. The highest BCUT2D eigenvalue weighted by molar-refractivity contribution is 5.39. The van der Waals surface area contributed by atoms with E-state index < -0.39 is 6.36 Å². The highest BCUT2D eigenvalue weighted by Crippen LogP contribution is 2.32. The van der Waals surface area contributed by atoms with E-state index in [2.05, 4.69) is 47.0 Å². The van der Waals surface area contributed by atoms with Crippen molar-refractivity contribution < 1.29 is 17.9 Å². The highest BCUT2D eigenvalue weighted by atomic mass is 19.4. The van der Waals surface area contributed by atoms with E-state index in [-0.39, 0.29) is 11.8 Å². The summed E-state index contributed by atoms with van der Waals surface area (Å²) in [5.41, 5.74) is 4.48. The predicted octanol–water partition coefficient (Wildman–Crippen LogP) is 4.20. The van der Waals surface area contributed by atoms with Gasteiger partial charge in [0.25, 0.3) is 0 Å². The van der Waals surface area contributed by atoms with E-state index in [1.807, 2.05) is 0 Å². The summed E-state index contributed by atoms with van der Waals surface area (Å²) in [6.45, 7) is 7.70. The van der Waals surface area contributed by atoms with Gasteiger partial charge in [-0.25, -0.2) is 0 Å². The molecule has 26 heavy (non-hydrogen) atoms. The summed E-state index contributed by atoms with van der Waals surface area (Å²) >= 11 is 0. The third-order valence-electron chi connectivity index (χ3n) is 4.51. The number of rotatable bonds is 4. The molecule has 2 aromatic carbocycles. The maximum Gasteiger partial charge on any atom is 0.573 e. The van der Waals surface area contributed by atoms with E-state index in [4.69, 9.17) is 0 Å². The Bertz CT molecular complexity index is 717. The molecule has 140 valence electrons. The van der Waals surface area contributed by atoms with Gasteiger partial charge in [-0.05, 0) is 37.1 Å². The minimum atomic E-state index is -4.67. The second-order valence-electron chi connectivity index (χ2n) is 6.73. The van der Waals surface area contributed by atoms with E-state index in [0.29, 0.717) is 0 Å². The van der Waals surface area contributed by atoms with Gasteiger partial charge in [0.15, 0.2) is 0 Å². The molecular formula is C20H23F3N2O. The number of benzene rings is 2.